The normalized spacial score (nSPS) is 15.3. The predicted molar refractivity (Wildman–Crippen MR) is 143 cm³/mol. The van der Waals surface area contributed by atoms with E-state index < -0.39 is 5.60 Å². The summed E-state index contributed by atoms with van der Waals surface area (Å²) in [6, 6.07) is 20.1. The van der Waals surface area contributed by atoms with Crippen LogP contribution in [0.1, 0.15) is 56.7 Å². The van der Waals surface area contributed by atoms with Crippen LogP contribution in [0.4, 0.5) is 10.1 Å². The lowest BCUT2D eigenvalue weighted by Crippen LogP contribution is -2.37. The summed E-state index contributed by atoms with van der Waals surface area (Å²) in [4.78, 5) is 0. The molecule has 0 unspecified atom stereocenters. The van der Waals surface area contributed by atoms with E-state index in [0.717, 1.165) is 28.3 Å². The highest BCUT2D eigenvalue weighted by Gasteiger charge is 2.31. The third kappa shape index (κ3) is 6.57. The van der Waals surface area contributed by atoms with Gasteiger partial charge < -0.3 is 14.8 Å². The van der Waals surface area contributed by atoms with Crippen molar-refractivity contribution in [3.8, 4) is 11.5 Å². The van der Waals surface area contributed by atoms with E-state index in [1.165, 1.54) is 17.7 Å². The number of ether oxygens (including phenoxy) is 2. The van der Waals surface area contributed by atoms with Crippen LogP contribution in [0.2, 0.25) is 0 Å². The second kappa shape index (κ2) is 10.4. The molecule has 5 nitrogen and oxygen atoms in total. The van der Waals surface area contributed by atoms with Gasteiger partial charge in [0.25, 0.3) is 0 Å². The number of nitrogens with one attached hydrogen (secondary N) is 2. The van der Waals surface area contributed by atoms with Crippen molar-refractivity contribution in [1.29, 1.82) is 0 Å². The van der Waals surface area contributed by atoms with Gasteiger partial charge >= 0.3 is 0 Å². The summed E-state index contributed by atoms with van der Waals surface area (Å²) < 4.78 is 25.2. The quantitative estimate of drug-likeness (QED) is 0.294. The summed E-state index contributed by atoms with van der Waals surface area (Å²) in [5.41, 5.74) is 7.29. The summed E-state index contributed by atoms with van der Waals surface area (Å²) in [6.45, 7) is 8.71. The molecule has 35 heavy (non-hydrogen) atoms. The molecular formula is C28H30FN3O2S. The van der Waals surface area contributed by atoms with Crippen LogP contribution in [0.25, 0.3) is 0 Å². The number of halogens is 1. The van der Waals surface area contributed by atoms with E-state index in [1.807, 2.05) is 44.2 Å². The first-order chi connectivity index (χ1) is 16.7. The fourth-order valence-corrected chi connectivity index (χ4v) is 3.98. The van der Waals surface area contributed by atoms with Crippen molar-refractivity contribution < 1.29 is 13.9 Å². The predicted octanol–water partition coefficient (Wildman–Crippen LogP) is 6.78. The Morgan fingerprint density at radius 1 is 1.09 bits per heavy atom. The Labute approximate surface area is 211 Å². The van der Waals surface area contributed by atoms with Crippen molar-refractivity contribution in [1.82, 2.24) is 5.43 Å². The maximum atomic E-state index is 13.2. The monoisotopic (exact) mass is 491 g/mol. The zero-order valence-corrected chi connectivity index (χ0v) is 21.2. The van der Waals surface area contributed by atoms with Crippen molar-refractivity contribution in [3.63, 3.8) is 0 Å². The number of fused-ring (bicyclic) bond motifs is 1. The molecule has 1 aliphatic rings. The maximum Gasteiger partial charge on any atom is 0.191 e. The van der Waals surface area contributed by atoms with E-state index in [1.54, 1.807) is 12.1 Å². The lowest BCUT2D eigenvalue weighted by molar-refractivity contribution is 0.111. The molecule has 0 fully saturated rings. The van der Waals surface area contributed by atoms with E-state index in [9.17, 15) is 4.39 Å². The molecule has 0 radical (unpaired) electrons. The Bertz CT molecular complexity index is 1220. The molecule has 0 aromatic heterocycles. The molecule has 4 rings (SSSR count). The molecule has 3 aromatic carbocycles. The van der Waals surface area contributed by atoms with Gasteiger partial charge in [-0.05, 0) is 85.6 Å². The number of rotatable bonds is 6. The van der Waals surface area contributed by atoms with Crippen LogP contribution in [0, 0.1) is 5.82 Å². The average molecular weight is 492 g/mol. The first-order valence-corrected chi connectivity index (χ1v) is 12.0. The molecule has 0 aliphatic carbocycles. The van der Waals surface area contributed by atoms with E-state index >= 15 is 0 Å². The van der Waals surface area contributed by atoms with Crippen LogP contribution >= 0.6 is 12.2 Å². The molecule has 1 aliphatic heterocycles. The van der Waals surface area contributed by atoms with Gasteiger partial charge in [0, 0.05) is 17.7 Å². The van der Waals surface area contributed by atoms with Crippen LogP contribution in [-0.2, 0) is 6.61 Å². The molecule has 3 aromatic rings. The number of anilines is 1. The SMILES string of the molecule is CC(C)c1ccc(NC(=S)N/N=C2\CC(C)(C)Oc3ccc(OCc4ccc(F)cc4)cc32)cc1. The molecule has 7 heteroatoms. The van der Waals surface area contributed by atoms with Gasteiger partial charge in [-0.15, -0.1) is 0 Å². The lowest BCUT2D eigenvalue weighted by atomic mass is 9.92. The van der Waals surface area contributed by atoms with Crippen molar-refractivity contribution in [2.75, 3.05) is 5.32 Å². The van der Waals surface area contributed by atoms with Gasteiger partial charge in [0.15, 0.2) is 5.11 Å². The molecule has 0 bridgehead atoms. The topological polar surface area (TPSA) is 54.9 Å². The Balaban J connectivity index is 1.47. The zero-order chi connectivity index (χ0) is 25.0. The number of hydrazone groups is 1. The molecule has 0 saturated heterocycles. The summed E-state index contributed by atoms with van der Waals surface area (Å²) in [6.07, 6.45) is 0.597. The third-order valence-electron chi connectivity index (χ3n) is 5.69. The minimum absolute atomic E-state index is 0.268. The van der Waals surface area contributed by atoms with Gasteiger partial charge in [-0.3, -0.25) is 5.43 Å². The van der Waals surface area contributed by atoms with Gasteiger partial charge in [0.1, 0.15) is 29.5 Å². The van der Waals surface area contributed by atoms with Gasteiger partial charge in [0.05, 0.1) is 5.71 Å². The summed E-state index contributed by atoms with van der Waals surface area (Å²) in [7, 11) is 0. The standard InChI is InChI=1S/C28H30FN3O2S/c1-18(2)20-7-11-22(12-8-20)30-27(35)32-31-25-16-28(3,4)34-26-14-13-23(15-24(25)26)33-17-19-5-9-21(29)10-6-19/h5-15,18H,16-17H2,1-4H3,(H2,30,32,35)/b31-25+. The van der Waals surface area contributed by atoms with Crippen LogP contribution in [-0.4, -0.2) is 16.4 Å². The largest absolute Gasteiger partial charge is 0.489 e. The average Bonchev–Trinajstić information content (AvgIpc) is 2.82. The van der Waals surface area contributed by atoms with Gasteiger partial charge in [-0.2, -0.15) is 5.10 Å². The first kappa shape index (κ1) is 24.7. The minimum atomic E-state index is -0.411. The maximum absolute atomic E-state index is 13.2. The molecule has 182 valence electrons. The molecule has 0 atom stereocenters. The number of benzene rings is 3. The Kier molecular flexibility index (Phi) is 7.36. The highest BCUT2D eigenvalue weighted by Crippen LogP contribution is 2.35. The van der Waals surface area contributed by atoms with E-state index in [4.69, 9.17) is 21.7 Å². The lowest BCUT2D eigenvalue weighted by Gasteiger charge is -2.33. The number of hydrogen-bond donors (Lipinski definition) is 2. The highest BCUT2D eigenvalue weighted by atomic mass is 32.1. The molecule has 0 spiro atoms. The number of nitrogens with zero attached hydrogens (tertiary/aromatic N) is 1. The van der Waals surface area contributed by atoms with E-state index in [0.29, 0.717) is 29.8 Å². The summed E-state index contributed by atoms with van der Waals surface area (Å²) in [5.74, 6) is 1.62. The van der Waals surface area contributed by atoms with Crippen LogP contribution in [0.15, 0.2) is 71.8 Å². The van der Waals surface area contributed by atoms with Crippen LogP contribution in [0.5, 0.6) is 11.5 Å². The van der Waals surface area contributed by atoms with E-state index in [-0.39, 0.29) is 5.82 Å². The number of thiocarbonyl (C=S) groups is 1. The van der Waals surface area contributed by atoms with Crippen molar-refractivity contribution >= 4 is 28.7 Å². The Hall–Kier alpha value is -3.45. The second-order valence-electron chi connectivity index (χ2n) is 9.51. The highest BCUT2D eigenvalue weighted by molar-refractivity contribution is 7.80. The van der Waals surface area contributed by atoms with Crippen LogP contribution < -0.4 is 20.2 Å². The van der Waals surface area contributed by atoms with Gasteiger partial charge in [-0.1, -0.05) is 38.1 Å². The third-order valence-corrected chi connectivity index (χ3v) is 5.88. The fraction of sp³-hybridized carbons (Fsp3) is 0.286. The Morgan fingerprint density at radius 2 is 1.80 bits per heavy atom. The number of hydrogen-bond acceptors (Lipinski definition) is 4. The van der Waals surface area contributed by atoms with Crippen molar-refractivity contribution in [2.45, 2.75) is 52.2 Å². The second-order valence-corrected chi connectivity index (χ2v) is 9.92. The summed E-state index contributed by atoms with van der Waals surface area (Å²) >= 11 is 5.46. The van der Waals surface area contributed by atoms with Crippen molar-refractivity contribution in [3.05, 3.63) is 89.2 Å². The Morgan fingerprint density at radius 3 is 2.49 bits per heavy atom. The fourth-order valence-electron chi connectivity index (χ4n) is 3.82. The zero-order valence-electron chi connectivity index (χ0n) is 20.4. The molecular weight excluding hydrogens is 461 g/mol. The molecule has 0 amide bonds. The smallest absolute Gasteiger partial charge is 0.191 e. The minimum Gasteiger partial charge on any atom is -0.489 e. The van der Waals surface area contributed by atoms with Crippen LogP contribution in [0.3, 0.4) is 0 Å². The summed E-state index contributed by atoms with van der Waals surface area (Å²) in [5, 5.41) is 8.20. The van der Waals surface area contributed by atoms with Gasteiger partial charge in [-0.25, -0.2) is 4.39 Å². The molecule has 1 heterocycles. The molecule has 2 N–H and O–H groups in total. The first-order valence-electron chi connectivity index (χ1n) is 11.6. The van der Waals surface area contributed by atoms with Gasteiger partial charge in [0.2, 0.25) is 0 Å². The van der Waals surface area contributed by atoms with E-state index in [2.05, 4.69) is 41.8 Å². The van der Waals surface area contributed by atoms with Crippen molar-refractivity contribution in [2.24, 2.45) is 5.10 Å². The molecule has 0 saturated carbocycles.